The van der Waals surface area contributed by atoms with Gasteiger partial charge >= 0.3 is 5.97 Å². The number of carbonyl (C=O) groups is 2. The zero-order valence-corrected chi connectivity index (χ0v) is 9.67. The van der Waals surface area contributed by atoms with E-state index in [1.807, 2.05) is 0 Å². The van der Waals surface area contributed by atoms with Crippen LogP contribution in [-0.2, 0) is 16.0 Å². The molecule has 6 nitrogen and oxygen atoms in total. The van der Waals surface area contributed by atoms with Gasteiger partial charge in [0, 0.05) is 5.69 Å². The highest BCUT2D eigenvalue weighted by atomic mass is 16.4. The molecule has 6 heteroatoms. The van der Waals surface area contributed by atoms with Gasteiger partial charge in [0.2, 0.25) is 5.91 Å². The number of pyridine rings is 1. The van der Waals surface area contributed by atoms with E-state index in [-0.39, 0.29) is 18.9 Å². The van der Waals surface area contributed by atoms with Gasteiger partial charge in [-0.2, -0.15) is 0 Å². The zero-order chi connectivity index (χ0) is 13.5. The van der Waals surface area contributed by atoms with Gasteiger partial charge < -0.3 is 15.7 Å². The molecule has 1 amide bonds. The van der Waals surface area contributed by atoms with Crippen LogP contribution in [0, 0.1) is 12.3 Å². The van der Waals surface area contributed by atoms with E-state index in [1.54, 1.807) is 12.1 Å². The molecule has 3 N–H and O–H groups in total. The summed E-state index contributed by atoms with van der Waals surface area (Å²) >= 11 is 0. The van der Waals surface area contributed by atoms with Crippen LogP contribution in [-0.4, -0.2) is 40.0 Å². The van der Waals surface area contributed by atoms with Crippen LogP contribution in [0.5, 0.6) is 0 Å². The smallest absolute Gasteiger partial charge is 0.323 e. The normalized spacial score (nSPS) is 9.50. The van der Waals surface area contributed by atoms with Gasteiger partial charge in [-0.3, -0.25) is 14.6 Å². The Hall–Kier alpha value is -2.55. The first kappa shape index (κ1) is 13.5. The Kier molecular flexibility index (Phi) is 4.69. The second kappa shape index (κ2) is 6.25. The highest BCUT2D eigenvalue weighted by Gasteiger charge is 2.16. The summed E-state index contributed by atoms with van der Waals surface area (Å²) in [6, 6.07) is 3.24. The number of nitrogen functional groups attached to an aromatic ring is 1. The molecule has 0 fully saturated rings. The summed E-state index contributed by atoms with van der Waals surface area (Å²) in [5.74, 6) is 0.761. The Morgan fingerprint density at radius 2 is 2.22 bits per heavy atom. The Morgan fingerprint density at radius 3 is 2.72 bits per heavy atom. The molecule has 1 aromatic heterocycles. The van der Waals surface area contributed by atoms with Crippen molar-refractivity contribution in [2.45, 2.75) is 6.42 Å². The van der Waals surface area contributed by atoms with Crippen molar-refractivity contribution < 1.29 is 14.7 Å². The number of amides is 1. The quantitative estimate of drug-likeness (QED) is 0.699. The van der Waals surface area contributed by atoms with E-state index >= 15 is 0 Å². The largest absolute Gasteiger partial charge is 0.480 e. The zero-order valence-electron chi connectivity index (χ0n) is 9.67. The van der Waals surface area contributed by atoms with Crippen LogP contribution >= 0.6 is 0 Å². The van der Waals surface area contributed by atoms with Crippen LogP contribution in [0.3, 0.4) is 0 Å². The molecule has 0 bridgehead atoms. The highest BCUT2D eigenvalue weighted by Crippen LogP contribution is 2.04. The van der Waals surface area contributed by atoms with Crippen molar-refractivity contribution in [1.82, 2.24) is 9.88 Å². The lowest BCUT2D eigenvalue weighted by atomic mass is 10.2. The maximum absolute atomic E-state index is 11.8. The predicted molar refractivity (Wildman–Crippen MR) is 65.4 cm³/mol. The number of anilines is 1. The number of carboxylic acid groups (broad SMARTS) is 1. The van der Waals surface area contributed by atoms with Crippen LogP contribution in [0.4, 0.5) is 5.69 Å². The second-order valence-electron chi connectivity index (χ2n) is 3.61. The lowest BCUT2D eigenvalue weighted by molar-refractivity contribution is -0.143. The Balaban J connectivity index is 2.69. The Bertz CT molecular complexity index is 476. The van der Waals surface area contributed by atoms with Crippen molar-refractivity contribution in [2.75, 3.05) is 18.8 Å². The standard InChI is InChI=1S/C12H13N3O3/c1-2-5-15(8-12(17)18)11(16)6-10-4-3-9(13)7-14-10/h1,3-4,7H,5-6,8,13H2,(H,17,18). The van der Waals surface area contributed by atoms with Crippen LogP contribution in [0.1, 0.15) is 5.69 Å². The third-order valence-electron chi connectivity index (χ3n) is 2.14. The molecule has 0 atom stereocenters. The van der Waals surface area contributed by atoms with Crippen LogP contribution in [0.15, 0.2) is 18.3 Å². The average molecular weight is 247 g/mol. The lowest BCUT2D eigenvalue weighted by Gasteiger charge is -2.17. The fourth-order valence-corrected chi connectivity index (χ4v) is 1.31. The molecular formula is C12H13N3O3. The molecule has 94 valence electrons. The maximum atomic E-state index is 11.8. The van der Waals surface area contributed by atoms with Gasteiger partial charge in [0.1, 0.15) is 6.54 Å². The number of rotatable bonds is 5. The SMILES string of the molecule is C#CCN(CC(=O)O)C(=O)Cc1ccc(N)cn1. The summed E-state index contributed by atoms with van der Waals surface area (Å²) in [7, 11) is 0. The van der Waals surface area contributed by atoms with E-state index < -0.39 is 12.5 Å². The van der Waals surface area contributed by atoms with Gasteiger partial charge in [-0.15, -0.1) is 6.42 Å². The summed E-state index contributed by atoms with van der Waals surface area (Å²) in [4.78, 5) is 27.5. The first-order valence-electron chi connectivity index (χ1n) is 5.16. The molecule has 0 spiro atoms. The summed E-state index contributed by atoms with van der Waals surface area (Å²) in [5.41, 5.74) is 6.48. The number of hydrogen-bond donors (Lipinski definition) is 2. The van der Waals surface area contributed by atoms with E-state index in [9.17, 15) is 9.59 Å². The molecule has 0 aliphatic heterocycles. The summed E-state index contributed by atoms with van der Waals surface area (Å²) in [6.07, 6.45) is 6.52. The minimum absolute atomic E-state index is 0.00472. The molecule has 1 aromatic rings. The predicted octanol–water partition coefficient (Wildman–Crippen LogP) is -0.247. The molecule has 0 radical (unpaired) electrons. The molecular weight excluding hydrogens is 234 g/mol. The summed E-state index contributed by atoms with van der Waals surface area (Å²) < 4.78 is 0. The van der Waals surface area contributed by atoms with Crippen LogP contribution < -0.4 is 5.73 Å². The van der Waals surface area contributed by atoms with Crippen LogP contribution in [0.25, 0.3) is 0 Å². The van der Waals surface area contributed by atoms with E-state index in [0.717, 1.165) is 4.90 Å². The maximum Gasteiger partial charge on any atom is 0.323 e. The Labute approximate surface area is 104 Å². The van der Waals surface area contributed by atoms with Crippen molar-refractivity contribution in [2.24, 2.45) is 0 Å². The first-order valence-corrected chi connectivity index (χ1v) is 5.16. The molecule has 18 heavy (non-hydrogen) atoms. The molecule has 0 unspecified atom stereocenters. The van der Waals surface area contributed by atoms with Crippen molar-refractivity contribution in [3.8, 4) is 12.3 Å². The number of carboxylic acids is 1. The van der Waals surface area contributed by atoms with E-state index in [0.29, 0.717) is 11.4 Å². The number of nitrogens with two attached hydrogens (primary N) is 1. The fourth-order valence-electron chi connectivity index (χ4n) is 1.31. The molecule has 0 saturated carbocycles. The molecule has 1 rings (SSSR count). The Morgan fingerprint density at radius 1 is 1.50 bits per heavy atom. The molecule has 0 aliphatic carbocycles. The molecule has 0 aromatic carbocycles. The van der Waals surface area contributed by atoms with Crippen molar-refractivity contribution in [3.05, 3.63) is 24.0 Å². The van der Waals surface area contributed by atoms with E-state index in [2.05, 4.69) is 10.9 Å². The van der Waals surface area contributed by atoms with E-state index in [4.69, 9.17) is 17.3 Å². The van der Waals surface area contributed by atoms with E-state index in [1.165, 1.54) is 6.20 Å². The first-order chi connectivity index (χ1) is 8.52. The molecule has 0 saturated heterocycles. The molecule has 1 heterocycles. The van der Waals surface area contributed by atoms with Crippen molar-refractivity contribution in [1.29, 1.82) is 0 Å². The fraction of sp³-hybridized carbons (Fsp3) is 0.250. The summed E-state index contributed by atoms with van der Waals surface area (Å²) in [6.45, 7) is -0.460. The number of nitrogens with zero attached hydrogens (tertiary/aromatic N) is 2. The number of aliphatic carboxylic acids is 1. The number of aromatic nitrogens is 1. The van der Waals surface area contributed by atoms with Gasteiger partial charge in [-0.05, 0) is 12.1 Å². The van der Waals surface area contributed by atoms with Gasteiger partial charge in [0.05, 0.1) is 24.8 Å². The average Bonchev–Trinajstić information content (AvgIpc) is 2.31. The van der Waals surface area contributed by atoms with Crippen LogP contribution in [0.2, 0.25) is 0 Å². The molecule has 0 aliphatic rings. The lowest BCUT2D eigenvalue weighted by Crippen LogP contribution is -2.37. The second-order valence-corrected chi connectivity index (χ2v) is 3.61. The minimum atomic E-state index is -1.11. The third kappa shape index (κ3) is 4.14. The number of hydrogen-bond acceptors (Lipinski definition) is 4. The van der Waals surface area contributed by atoms with Gasteiger partial charge in [-0.25, -0.2) is 0 Å². The summed E-state index contributed by atoms with van der Waals surface area (Å²) in [5, 5.41) is 8.67. The highest BCUT2D eigenvalue weighted by molar-refractivity contribution is 5.83. The monoisotopic (exact) mass is 247 g/mol. The third-order valence-corrected chi connectivity index (χ3v) is 2.14. The van der Waals surface area contributed by atoms with Gasteiger partial charge in [-0.1, -0.05) is 5.92 Å². The topological polar surface area (TPSA) is 96.5 Å². The number of terminal acetylenes is 1. The van der Waals surface area contributed by atoms with Gasteiger partial charge in [0.15, 0.2) is 0 Å². The number of carbonyl (C=O) groups excluding carboxylic acids is 1. The van der Waals surface area contributed by atoms with Crippen molar-refractivity contribution >= 4 is 17.6 Å². The van der Waals surface area contributed by atoms with Gasteiger partial charge in [0.25, 0.3) is 0 Å². The van der Waals surface area contributed by atoms with Crippen molar-refractivity contribution in [3.63, 3.8) is 0 Å². The minimum Gasteiger partial charge on any atom is -0.480 e.